The highest BCUT2D eigenvalue weighted by Gasteiger charge is 2.16. The molecule has 0 saturated carbocycles. The minimum atomic E-state index is -0.422. The summed E-state index contributed by atoms with van der Waals surface area (Å²) >= 11 is 0. The van der Waals surface area contributed by atoms with E-state index < -0.39 is 4.92 Å². The van der Waals surface area contributed by atoms with Crippen molar-refractivity contribution >= 4 is 11.9 Å². The monoisotopic (exact) mass is 448 g/mol. The van der Waals surface area contributed by atoms with Crippen LogP contribution in [0.2, 0.25) is 0 Å². The quantitative estimate of drug-likeness (QED) is 0.165. The van der Waals surface area contributed by atoms with Crippen LogP contribution in [-0.4, -0.2) is 20.9 Å². The number of aromatic nitrogens is 2. The van der Waals surface area contributed by atoms with Gasteiger partial charge in [-0.3, -0.25) is 15.1 Å². The lowest BCUT2D eigenvalue weighted by Gasteiger charge is -1.99. The molecule has 0 radical (unpaired) electrons. The normalized spacial score (nSPS) is 11.2. The Morgan fingerprint density at radius 3 is 2.26 bits per heavy atom. The summed E-state index contributed by atoms with van der Waals surface area (Å²) in [5.41, 5.74) is 4.31. The lowest BCUT2D eigenvalue weighted by Crippen LogP contribution is -1.93. The number of non-ortho nitro benzene ring substituents is 1. The molecule has 0 N–H and O–H groups in total. The zero-order valence-corrected chi connectivity index (χ0v) is 18.1. The second-order valence-corrected chi connectivity index (χ2v) is 7.64. The van der Waals surface area contributed by atoms with Gasteiger partial charge in [-0.1, -0.05) is 48.5 Å². The van der Waals surface area contributed by atoms with Crippen LogP contribution in [0.25, 0.3) is 28.5 Å². The van der Waals surface area contributed by atoms with Crippen LogP contribution in [0, 0.1) is 10.1 Å². The number of nitrogens with zero attached hydrogens (tertiary/aromatic N) is 4. The Bertz CT molecular complexity index is 1440. The summed E-state index contributed by atoms with van der Waals surface area (Å²) in [4.78, 5) is 15.1. The Balaban J connectivity index is 1.48. The summed E-state index contributed by atoms with van der Waals surface area (Å²) in [7, 11) is 0. The Kier molecular flexibility index (Phi) is 5.82. The van der Waals surface area contributed by atoms with Crippen molar-refractivity contribution < 1.29 is 9.34 Å². The van der Waals surface area contributed by atoms with Gasteiger partial charge in [0.25, 0.3) is 5.69 Å². The highest BCUT2D eigenvalue weighted by atomic mass is 16.6. The van der Waals surface area contributed by atoms with Gasteiger partial charge in [0.15, 0.2) is 5.76 Å². The molecule has 5 rings (SSSR count). The third kappa shape index (κ3) is 4.54. The fourth-order valence-corrected chi connectivity index (χ4v) is 3.59. The molecule has 3 aromatic carbocycles. The van der Waals surface area contributed by atoms with Crippen LogP contribution in [0.1, 0.15) is 11.1 Å². The second-order valence-electron chi connectivity index (χ2n) is 7.64. The van der Waals surface area contributed by atoms with Gasteiger partial charge in [-0.15, -0.1) is 0 Å². The summed E-state index contributed by atoms with van der Waals surface area (Å²) in [5, 5.41) is 15.7. The summed E-state index contributed by atoms with van der Waals surface area (Å²) < 4.78 is 7.90. The zero-order chi connectivity index (χ0) is 23.3. The highest BCUT2D eigenvalue weighted by Crippen LogP contribution is 2.30. The van der Waals surface area contributed by atoms with Crippen molar-refractivity contribution in [1.82, 2.24) is 9.78 Å². The molecule has 34 heavy (non-hydrogen) atoms. The summed E-state index contributed by atoms with van der Waals surface area (Å²) in [6.45, 7) is 0.559. The fourth-order valence-electron chi connectivity index (χ4n) is 3.59. The molecule has 0 fully saturated rings. The number of rotatable bonds is 7. The van der Waals surface area contributed by atoms with Crippen molar-refractivity contribution in [2.24, 2.45) is 4.99 Å². The van der Waals surface area contributed by atoms with Crippen molar-refractivity contribution in [3.63, 3.8) is 0 Å². The van der Waals surface area contributed by atoms with Crippen molar-refractivity contribution in [3.05, 3.63) is 124 Å². The van der Waals surface area contributed by atoms with E-state index in [1.165, 1.54) is 12.1 Å². The lowest BCUT2D eigenvalue weighted by atomic mass is 10.1. The minimum absolute atomic E-state index is 0.0362. The predicted octanol–water partition coefficient (Wildman–Crippen LogP) is 6.33. The van der Waals surface area contributed by atoms with E-state index in [-0.39, 0.29) is 5.69 Å². The maximum absolute atomic E-state index is 10.9. The lowest BCUT2D eigenvalue weighted by molar-refractivity contribution is -0.384. The van der Waals surface area contributed by atoms with Crippen LogP contribution in [0.3, 0.4) is 0 Å². The predicted molar refractivity (Wildman–Crippen MR) is 131 cm³/mol. The molecule has 0 atom stereocenters. The third-order valence-electron chi connectivity index (χ3n) is 5.31. The molecule has 0 amide bonds. The molecule has 0 bridgehead atoms. The number of aliphatic imine (C=N–C) groups is 1. The van der Waals surface area contributed by atoms with Gasteiger partial charge in [0.1, 0.15) is 11.5 Å². The molecule has 0 aliphatic carbocycles. The molecule has 0 aliphatic heterocycles. The molecular weight excluding hydrogens is 428 g/mol. The molecule has 0 saturated heterocycles. The van der Waals surface area contributed by atoms with Gasteiger partial charge in [-0.2, -0.15) is 5.10 Å². The molecule has 7 heteroatoms. The highest BCUT2D eigenvalue weighted by molar-refractivity contribution is 5.88. The van der Waals surface area contributed by atoms with Crippen LogP contribution >= 0.6 is 0 Å². The van der Waals surface area contributed by atoms with E-state index in [4.69, 9.17) is 9.52 Å². The van der Waals surface area contributed by atoms with E-state index in [2.05, 4.69) is 4.99 Å². The van der Waals surface area contributed by atoms with Crippen LogP contribution in [-0.2, 0) is 6.54 Å². The number of benzene rings is 3. The van der Waals surface area contributed by atoms with Gasteiger partial charge in [-0.25, -0.2) is 4.68 Å². The molecule has 0 aliphatic rings. The maximum atomic E-state index is 10.9. The van der Waals surface area contributed by atoms with Crippen molar-refractivity contribution in [1.29, 1.82) is 0 Å². The summed E-state index contributed by atoms with van der Waals surface area (Å²) in [5.74, 6) is 1.19. The SMILES string of the molecule is O=[N+]([O-])c1ccc(-c2ccc(-c3nn(-c4ccccc4)cc3C=NCc3ccccc3)o2)cc1. The molecular formula is C27H20N4O3. The first-order valence-corrected chi connectivity index (χ1v) is 10.7. The Labute approximate surface area is 195 Å². The molecule has 5 aromatic rings. The molecule has 2 aromatic heterocycles. The number of nitro benzene ring substituents is 1. The van der Waals surface area contributed by atoms with E-state index in [0.717, 1.165) is 22.4 Å². The van der Waals surface area contributed by atoms with Gasteiger partial charge in [0.2, 0.25) is 0 Å². The van der Waals surface area contributed by atoms with E-state index >= 15 is 0 Å². The first-order valence-electron chi connectivity index (χ1n) is 10.7. The number of hydrogen-bond donors (Lipinski definition) is 0. The Morgan fingerprint density at radius 2 is 1.56 bits per heavy atom. The molecule has 0 spiro atoms. The van der Waals surface area contributed by atoms with E-state index in [9.17, 15) is 10.1 Å². The first-order chi connectivity index (χ1) is 16.7. The van der Waals surface area contributed by atoms with Gasteiger partial charge in [-0.05, 0) is 42.0 Å². The van der Waals surface area contributed by atoms with Crippen LogP contribution < -0.4 is 0 Å². The van der Waals surface area contributed by atoms with Crippen LogP contribution in [0.4, 0.5) is 5.69 Å². The van der Waals surface area contributed by atoms with E-state index in [0.29, 0.717) is 23.8 Å². The average Bonchev–Trinajstić information content (AvgIpc) is 3.53. The smallest absolute Gasteiger partial charge is 0.269 e. The number of furan rings is 1. The second kappa shape index (κ2) is 9.38. The largest absolute Gasteiger partial charge is 0.454 e. The molecule has 2 heterocycles. The molecule has 166 valence electrons. The van der Waals surface area contributed by atoms with Gasteiger partial charge >= 0.3 is 0 Å². The van der Waals surface area contributed by atoms with Gasteiger partial charge < -0.3 is 4.42 Å². The van der Waals surface area contributed by atoms with Crippen LogP contribution in [0.5, 0.6) is 0 Å². The Morgan fingerprint density at radius 1 is 0.882 bits per heavy atom. The topological polar surface area (TPSA) is 86.5 Å². The zero-order valence-electron chi connectivity index (χ0n) is 18.1. The first kappa shape index (κ1) is 21.1. The van der Waals surface area contributed by atoms with Crippen molar-refractivity contribution in [2.75, 3.05) is 0 Å². The molecule has 7 nitrogen and oxygen atoms in total. The third-order valence-corrected chi connectivity index (χ3v) is 5.31. The number of para-hydroxylation sites is 1. The van der Waals surface area contributed by atoms with Gasteiger partial charge in [0, 0.05) is 35.7 Å². The van der Waals surface area contributed by atoms with Crippen LogP contribution in [0.15, 0.2) is 113 Å². The maximum Gasteiger partial charge on any atom is 0.269 e. The summed E-state index contributed by atoms with van der Waals surface area (Å²) in [6, 6.07) is 29.8. The van der Waals surface area contributed by atoms with Gasteiger partial charge in [0.05, 0.1) is 17.2 Å². The number of hydrogen-bond acceptors (Lipinski definition) is 5. The molecule has 0 unspecified atom stereocenters. The van der Waals surface area contributed by atoms with Crippen molar-refractivity contribution in [3.8, 4) is 28.5 Å². The Hall–Kier alpha value is -4.78. The average molecular weight is 448 g/mol. The summed E-state index contributed by atoms with van der Waals surface area (Å²) in [6.07, 6.45) is 3.73. The number of nitro groups is 1. The van der Waals surface area contributed by atoms with E-state index in [1.807, 2.05) is 85.2 Å². The van der Waals surface area contributed by atoms with E-state index in [1.54, 1.807) is 16.8 Å². The standard InChI is InChI=1S/C27H20N4O3/c32-31(33)24-13-11-21(12-14-24)25-15-16-26(34-25)27-22(18-28-17-20-7-3-1-4-8-20)19-30(29-27)23-9-5-2-6-10-23/h1-16,18-19H,17H2. The van der Waals surface area contributed by atoms with Crippen molar-refractivity contribution in [2.45, 2.75) is 6.54 Å². The minimum Gasteiger partial charge on any atom is -0.454 e. The fraction of sp³-hybridized carbons (Fsp3) is 0.0370.